The molecule has 11 heteroatoms. The van der Waals surface area contributed by atoms with E-state index in [0.717, 1.165) is 139 Å². The second-order valence-electron chi connectivity index (χ2n) is 27.6. The summed E-state index contributed by atoms with van der Waals surface area (Å²) in [7, 11) is 0. The summed E-state index contributed by atoms with van der Waals surface area (Å²) in [6.07, 6.45) is 31.0. The molecule has 8 fully saturated rings. The van der Waals surface area contributed by atoms with Crippen LogP contribution in [0.1, 0.15) is 56.9 Å². The fraction of sp³-hybridized carbons (Fsp3) is 0.562. The minimum atomic E-state index is -0.151. The van der Waals surface area contributed by atoms with Gasteiger partial charge in [-0.1, -0.05) is 108 Å². The highest BCUT2D eigenvalue weighted by molar-refractivity contribution is 6.33. The Morgan fingerprint density at radius 2 is 0.714 bits per heavy atom. The molecule has 12 aliphatic rings. The van der Waals surface area contributed by atoms with E-state index < -0.39 is 0 Å². The molecule has 4 saturated heterocycles. The van der Waals surface area contributed by atoms with Crippen LogP contribution < -0.4 is 19.6 Å². The van der Waals surface area contributed by atoms with E-state index >= 15 is 0 Å². The highest BCUT2D eigenvalue weighted by Crippen LogP contribution is 2.47. The number of fused-ring (bicyclic) bond motifs is 8. The summed E-state index contributed by atoms with van der Waals surface area (Å²) in [5, 5.41) is 1.72. The van der Waals surface area contributed by atoms with Gasteiger partial charge in [-0.15, -0.1) is 0 Å². The molecule has 0 amide bonds. The molecule has 0 spiro atoms. The van der Waals surface area contributed by atoms with Crippen LogP contribution in [-0.4, -0.2) is 150 Å². The molecule has 0 aromatic heterocycles. The Bertz CT molecular complexity index is 2780. The van der Waals surface area contributed by atoms with Crippen molar-refractivity contribution in [1.29, 1.82) is 0 Å². The highest BCUT2D eigenvalue weighted by Gasteiger charge is 2.40. The van der Waals surface area contributed by atoms with Crippen LogP contribution in [0.5, 0.6) is 0 Å². The van der Waals surface area contributed by atoms with Crippen LogP contribution in [0.4, 0.5) is 27.1 Å². The Kier molecular flexibility index (Phi) is 18.9. The molecule has 8 bridgehead atoms. The van der Waals surface area contributed by atoms with Gasteiger partial charge in [-0.3, -0.25) is 19.6 Å². The summed E-state index contributed by atoms with van der Waals surface area (Å²) in [5.74, 6) is 10.6. The number of para-hydroxylation sites is 1. The summed E-state index contributed by atoms with van der Waals surface area (Å²) in [6.45, 7) is 25.7. The highest BCUT2D eigenvalue weighted by atomic mass is 35.5. The SMILES string of the molecule is Cc1ccc(N2CCN(CC3CC4C=CC3C4)CC2)cc1.Clc1cccc(N2CCN(CC3CC4C=CC3C4)CC2)c1.Clc1ccccc1N1CCN(CC2CC3C=CC2C3)CC1.Fc1ccc(N2CCN(CC3CC4C=CC3C4)CC2)cc1. The molecule has 4 heterocycles. The van der Waals surface area contributed by atoms with E-state index in [0.29, 0.717) is 0 Å². The second-order valence-corrected chi connectivity index (χ2v) is 28.4. The van der Waals surface area contributed by atoms with Gasteiger partial charge in [0.1, 0.15) is 5.82 Å². The summed E-state index contributed by atoms with van der Waals surface area (Å²) in [4.78, 5) is 20.5. The van der Waals surface area contributed by atoms with Crippen molar-refractivity contribution < 1.29 is 4.39 Å². The molecule has 84 heavy (non-hydrogen) atoms. The fourth-order valence-corrected chi connectivity index (χ4v) is 17.7. The lowest BCUT2D eigenvalue weighted by Gasteiger charge is -2.38. The van der Waals surface area contributed by atoms with Gasteiger partial charge in [0.25, 0.3) is 0 Å². The predicted molar refractivity (Wildman–Crippen MR) is 350 cm³/mol. The number of rotatable bonds is 12. The van der Waals surface area contributed by atoms with Crippen molar-refractivity contribution in [3.05, 3.63) is 167 Å². The quantitative estimate of drug-likeness (QED) is 0.130. The van der Waals surface area contributed by atoms with Gasteiger partial charge in [0.05, 0.1) is 10.7 Å². The van der Waals surface area contributed by atoms with Crippen LogP contribution >= 0.6 is 23.2 Å². The molecule has 4 aromatic rings. The van der Waals surface area contributed by atoms with Crippen LogP contribution in [0.2, 0.25) is 10.0 Å². The van der Waals surface area contributed by atoms with E-state index in [1.54, 1.807) is 12.1 Å². The summed E-state index contributed by atoms with van der Waals surface area (Å²) in [5.41, 5.74) is 6.36. The van der Waals surface area contributed by atoms with Crippen molar-refractivity contribution in [3.8, 4) is 0 Å². The molecule has 8 nitrogen and oxygen atoms in total. The van der Waals surface area contributed by atoms with E-state index in [4.69, 9.17) is 23.2 Å². The molecule has 12 atom stereocenters. The van der Waals surface area contributed by atoms with Crippen molar-refractivity contribution in [1.82, 2.24) is 19.6 Å². The molecule has 16 rings (SSSR count). The van der Waals surface area contributed by atoms with Crippen molar-refractivity contribution in [3.63, 3.8) is 0 Å². The molecule has 4 aliphatic heterocycles. The minimum Gasteiger partial charge on any atom is -0.369 e. The second kappa shape index (κ2) is 27.2. The third-order valence-electron chi connectivity index (χ3n) is 22.1. The van der Waals surface area contributed by atoms with Gasteiger partial charge >= 0.3 is 0 Å². The van der Waals surface area contributed by atoms with E-state index in [9.17, 15) is 4.39 Å². The maximum atomic E-state index is 13.0. The van der Waals surface area contributed by atoms with Crippen molar-refractivity contribution in [2.45, 2.75) is 58.3 Å². The average molecular weight is 1170 g/mol. The molecule has 4 saturated carbocycles. The first-order valence-electron chi connectivity index (χ1n) is 33.1. The maximum Gasteiger partial charge on any atom is 0.123 e. The van der Waals surface area contributed by atoms with E-state index in [1.807, 2.05) is 36.4 Å². The Morgan fingerprint density at radius 3 is 1.06 bits per heavy atom. The zero-order valence-electron chi connectivity index (χ0n) is 50.3. The Labute approximate surface area is 514 Å². The number of allylic oxidation sites excluding steroid dienone is 8. The molecule has 12 unspecified atom stereocenters. The fourth-order valence-electron chi connectivity index (χ4n) is 17.3. The number of piperazine rings is 4. The molecular weight excluding hydrogens is 1080 g/mol. The topological polar surface area (TPSA) is 25.9 Å². The van der Waals surface area contributed by atoms with Crippen LogP contribution in [0.25, 0.3) is 0 Å². The van der Waals surface area contributed by atoms with Gasteiger partial charge in [0, 0.05) is 153 Å². The zero-order chi connectivity index (χ0) is 56.9. The molecule has 4 aromatic carbocycles. The minimum absolute atomic E-state index is 0.151. The van der Waals surface area contributed by atoms with Gasteiger partial charge in [-0.25, -0.2) is 4.39 Å². The summed E-state index contributed by atoms with van der Waals surface area (Å²) < 4.78 is 13.0. The van der Waals surface area contributed by atoms with E-state index in [1.165, 1.54) is 153 Å². The third kappa shape index (κ3) is 14.5. The molecule has 448 valence electrons. The number of aryl methyl sites for hydroxylation is 1. The average Bonchev–Trinajstić information content (AvgIpc) is 4.62. The van der Waals surface area contributed by atoms with Gasteiger partial charge in [-0.05, 0) is 196 Å². The van der Waals surface area contributed by atoms with Gasteiger partial charge < -0.3 is 19.6 Å². The lowest BCUT2D eigenvalue weighted by molar-refractivity contribution is 0.204. The van der Waals surface area contributed by atoms with E-state index in [-0.39, 0.29) is 5.82 Å². The van der Waals surface area contributed by atoms with Gasteiger partial charge in [0.2, 0.25) is 0 Å². The Balaban J connectivity index is 0.000000104. The monoisotopic (exact) mass is 1170 g/mol. The summed E-state index contributed by atoms with van der Waals surface area (Å²) >= 11 is 12.4. The molecular formula is C73H95Cl2FN8. The van der Waals surface area contributed by atoms with Crippen LogP contribution in [0.3, 0.4) is 0 Å². The first kappa shape index (κ1) is 58.4. The zero-order valence-corrected chi connectivity index (χ0v) is 51.8. The maximum absolute atomic E-state index is 13.0. The van der Waals surface area contributed by atoms with Crippen LogP contribution in [0, 0.1) is 83.8 Å². The Morgan fingerprint density at radius 1 is 0.357 bits per heavy atom. The van der Waals surface area contributed by atoms with Crippen LogP contribution in [0.15, 0.2) is 146 Å². The number of nitrogens with zero attached hydrogens (tertiary/aromatic N) is 8. The van der Waals surface area contributed by atoms with Crippen molar-refractivity contribution in [2.24, 2.45) is 71.0 Å². The first-order valence-corrected chi connectivity index (χ1v) is 33.8. The number of halogens is 3. The number of hydrogen-bond acceptors (Lipinski definition) is 8. The standard InChI is InChI=1S/C19H26N2.2C18H23ClN2.C18H23FN2/c1-15-2-6-19(7-3-15)21-10-8-20(9-11-21)14-18-13-16-4-5-17(18)12-16;19-17-2-1-3-18(12-17)21-8-6-20(7-9-21)13-16-11-14-4-5-15(16)10-14;19-17-3-1-2-4-18(17)21-9-7-20(8-10-21)13-16-12-14-5-6-15(16)11-14;19-17-3-5-18(6-4-17)21-9-7-20(8-10-21)13-16-12-14-1-2-15(16)11-14/h2-7,16-18H,8-14H2,1H3;1-5,12,14-16H,6-11,13H2;2*1-6,14-16H,7-13H2. The lowest BCUT2D eigenvalue weighted by Crippen LogP contribution is -2.48. The lowest BCUT2D eigenvalue weighted by atomic mass is 9.93. The van der Waals surface area contributed by atoms with Gasteiger partial charge in [0.15, 0.2) is 0 Å². The molecule has 0 N–H and O–H groups in total. The van der Waals surface area contributed by atoms with Crippen molar-refractivity contribution in [2.75, 3.05) is 150 Å². The predicted octanol–water partition coefficient (Wildman–Crippen LogP) is 13.8. The third-order valence-corrected chi connectivity index (χ3v) is 22.6. The van der Waals surface area contributed by atoms with Gasteiger partial charge in [-0.2, -0.15) is 0 Å². The van der Waals surface area contributed by atoms with E-state index in [2.05, 4.69) is 143 Å². The largest absolute Gasteiger partial charge is 0.369 e. The molecule has 0 radical (unpaired) electrons. The Hall–Kier alpha value is -4.61. The number of anilines is 4. The summed E-state index contributed by atoms with van der Waals surface area (Å²) in [6, 6.07) is 32.4. The number of hydrogen-bond donors (Lipinski definition) is 0. The normalized spacial score (nSPS) is 32.0. The molecule has 8 aliphatic carbocycles. The van der Waals surface area contributed by atoms with Crippen LogP contribution in [-0.2, 0) is 0 Å². The van der Waals surface area contributed by atoms with Crippen molar-refractivity contribution >= 4 is 46.0 Å². The first-order chi connectivity index (χ1) is 41.1. The number of benzene rings is 4. The smallest absolute Gasteiger partial charge is 0.123 e.